The van der Waals surface area contributed by atoms with Crippen LogP contribution in [-0.2, 0) is 0 Å². The number of nitriles is 1. The highest BCUT2D eigenvalue weighted by molar-refractivity contribution is 5.84. The Kier molecular flexibility index (Phi) is 3.50. The molecule has 3 rings (SSSR count). The molecule has 0 saturated heterocycles. The van der Waals surface area contributed by atoms with Gasteiger partial charge in [-0.1, -0.05) is 6.07 Å². The second-order valence-electron chi connectivity index (χ2n) is 5.21. The number of phenols is 1. The topological polar surface area (TPSA) is 117 Å². The zero-order valence-corrected chi connectivity index (χ0v) is 12.4. The van der Waals surface area contributed by atoms with E-state index in [1.54, 1.807) is 0 Å². The van der Waals surface area contributed by atoms with E-state index in [4.69, 9.17) is 9.68 Å². The zero-order valence-electron chi connectivity index (χ0n) is 12.4. The maximum absolute atomic E-state index is 12.7. The molecular weight excluding hydrogens is 312 g/mol. The largest absolute Gasteiger partial charge is 0.507 e. The third kappa shape index (κ3) is 2.36. The van der Waals surface area contributed by atoms with Crippen molar-refractivity contribution in [2.75, 3.05) is 0 Å². The number of benzene rings is 2. The summed E-state index contributed by atoms with van der Waals surface area (Å²) < 4.78 is 5.38. The Morgan fingerprint density at radius 2 is 2.04 bits per heavy atom. The van der Waals surface area contributed by atoms with Crippen LogP contribution in [0.5, 0.6) is 5.75 Å². The number of rotatable bonds is 2. The van der Waals surface area contributed by atoms with Crippen LogP contribution in [0.2, 0.25) is 0 Å². The molecule has 0 radical (unpaired) electrons. The molecule has 0 bridgehead atoms. The van der Waals surface area contributed by atoms with E-state index in [2.05, 4.69) is 0 Å². The summed E-state index contributed by atoms with van der Waals surface area (Å²) in [6.07, 6.45) is 1.19. The third-order valence-corrected chi connectivity index (χ3v) is 3.72. The molecule has 0 unspecified atom stereocenters. The number of aryl methyl sites for hydroxylation is 1. The van der Waals surface area contributed by atoms with Crippen LogP contribution in [0.25, 0.3) is 22.1 Å². The minimum absolute atomic E-state index is 0.0341. The van der Waals surface area contributed by atoms with Crippen LogP contribution in [0, 0.1) is 28.4 Å². The van der Waals surface area contributed by atoms with Crippen LogP contribution in [0.4, 0.5) is 5.69 Å². The van der Waals surface area contributed by atoms with E-state index in [0.29, 0.717) is 11.1 Å². The predicted octanol–water partition coefficient (Wildman–Crippen LogP) is 3.25. The summed E-state index contributed by atoms with van der Waals surface area (Å²) in [6, 6.07) is 8.65. The Bertz CT molecular complexity index is 1090. The molecule has 0 aliphatic rings. The van der Waals surface area contributed by atoms with Crippen LogP contribution in [0.3, 0.4) is 0 Å². The highest BCUT2D eigenvalue weighted by Crippen LogP contribution is 2.28. The van der Waals surface area contributed by atoms with E-state index in [1.807, 2.05) is 6.07 Å². The number of hydrogen-bond donors (Lipinski definition) is 1. The quantitative estimate of drug-likeness (QED) is 0.571. The van der Waals surface area contributed by atoms with Crippen LogP contribution in [0.15, 0.2) is 45.8 Å². The van der Waals surface area contributed by atoms with Gasteiger partial charge in [-0.05, 0) is 30.7 Å². The van der Waals surface area contributed by atoms with Crippen LogP contribution >= 0.6 is 0 Å². The minimum Gasteiger partial charge on any atom is -0.507 e. The summed E-state index contributed by atoms with van der Waals surface area (Å²) in [7, 11) is 0. The molecule has 0 amide bonds. The molecule has 0 spiro atoms. The Morgan fingerprint density at radius 1 is 1.29 bits per heavy atom. The number of aromatic hydroxyl groups is 1. The molecule has 3 aromatic rings. The van der Waals surface area contributed by atoms with E-state index in [9.17, 15) is 20.0 Å². The smallest absolute Gasteiger partial charge is 0.276 e. The van der Waals surface area contributed by atoms with Crippen molar-refractivity contribution in [1.82, 2.24) is 0 Å². The first kappa shape index (κ1) is 15.2. The van der Waals surface area contributed by atoms with E-state index >= 15 is 0 Å². The second-order valence-corrected chi connectivity index (χ2v) is 5.21. The van der Waals surface area contributed by atoms with Gasteiger partial charge in [-0.25, -0.2) is 0 Å². The molecule has 24 heavy (non-hydrogen) atoms. The van der Waals surface area contributed by atoms with Crippen molar-refractivity contribution in [3.63, 3.8) is 0 Å². The summed E-state index contributed by atoms with van der Waals surface area (Å²) >= 11 is 0. The van der Waals surface area contributed by atoms with Gasteiger partial charge >= 0.3 is 0 Å². The Hall–Kier alpha value is -3.66. The maximum atomic E-state index is 12.7. The lowest BCUT2D eigenvalue weighted by Gasteiger charge is -2.05. The van der Waals surface area contributed by atoms with E-state index in [1.165, 1.54) is 43.5 Å². The van der Waals surface area contributed by atoms with E-state index < -0.39 is 4.92 Å². The van der Waals surface area contributed by atoms with E-state index in [0.717, 1.165) is 0 Å². The maximum Gasteiger partial charge on any atom is 0.276 e. The van der Waals surface area contributed by atoms with Crippen molar-refractivity contribution in [2.45, 2.75) is 6.92 Å². The summed E-state index contributed by atoms with van der Waals surface area (Å²) in [4.78, 5) is 23.1. The molecule has 0 fully saturated rings. The monoisotopic (exact) mass is 322 g/mol. The van der Waals surface area contributed by atoms with Gasteiger partial charge in [0.05, 0.1) is 27.5 Å². The number of phenolic OH excluding ortho intramolecular Hbond substituents is 1. The van der Waals surface area contributed by atoms with Crippen molar-refractivity contribution in [3.8, 4) is 22.9 Å². The second kappa shape index (κ2) is 5.52. The van der Waals surface area contributed by atoms with E-state index in [-0.39, 0.29) is 39.0 Å². The number of nitrogens with zero attached hydrogens (tertiary/aromatic N) is 2. The number of nitro groups is 1. The van der Waals surface area contributed by atoms with Crippen LogP contribution in [0.1, 0.15) is 11.1 Å². The molecule has 0 aliphatic heterocycles. The zero-order chi connectivity index (χ0) is 17.4. The molecule has 1 aromatic heterocycles. The molecule has 0 aliphatic carbocycles. The first-order valence-electron chi connectivity index (χ1n) is 6.86. The van der Waals surface area contributed by atoms with Crippen LogP contribution in [-0.4, -0.2) is 10.0 Å². The van der Waals surface area contributed by atoms with Crippen molar-refractivity contribution in [3.05, 3.63) is 68.1 Å². The molecule has 2 aromatic carbocycles. The lowest BCUT2D eigenvalue weighted by atomic mass is 10.0. The summed E-state index contributed by atoms with van der Waals surface area (Å²) in [5.74, 6) is -0.183. The van der Waals surface area contributed by atoms with Gasteiger partial charge in [-0.3, -0.25) is 14.9 Å². The van der Waals surface area contributed by atoms with Gasteiger partial charge in [-0.15, -0.1) is 0 Å². The molecule has 0 atom stereocenters. The SMILES string of the molecule is Cc1cc2c(=O)c(-c3ccc(O)c(C#N)c3)coc2cc1[N+](=O)[O-]. The van der Waals surface area contributed by atoms with Crippen molar-refractivity contribution in [1.29, 1.82) is 5.26 Å². The van der Waals surface area contributed by atoms with Crippen molar-refractivity contribution in [2.24, 2.45) is 0 Å². The molecule has 7 heteroatoms. The summed E-state index contributed by atoms with van der Waals surface area (Å²) in [6.45, 7) is 1.54. The van der Waals surface area contributed by atoms with Gasteiger partial charge in [0, 0.05) is 5.56 Å². The average molecular weight is 322 g/mol. The minimum atomic E-state index is -0.540. The molecule has 1 N–H and O–H groups in total. The first-order valence-corrected chi connectivity index (χ1v) is 6.86. The number of fused-ring (bicyclic) bond motifs is 1. The lowest BCUT2D eigenvalue weighted by Crippen LogP contribution is -2.06. The molecule has 0 saturated carbocycles. The number of hydrogen-bond acceptors (Lipinski definition) is 6. The Labute approximate surface area is 135 Å². The van der Waals surface area contributed by atoms with Gasteiger partial charge in [-0.2, -0.15) is 5.26 Å². The summed E-state index contributed by atoms with van der Waals surface area (Å²) in [5.41, 5.74) is 0.606. The average Bonchev–Trinajstić information content (AvgIpc) is 2.56. The molecule has 7 nitrogen and oxygen atoms in total. The molecule has 1 heterocycles. The van der Waals surface area contributed by atoms with Gasteiger partial charge in [0.25, 0.3) is 5.69 Å². The Morgan fingerprint density at radius 3 is 2.71 bits per heavy atom. The van der Waals surface area contributed by atoms with Gasteiger partial charge in [0.15, 0.2) is 0 Å². The van der Waals surface area contributed by atoms with Gasteiger partial charge in [0.2, 0.25) is 5.43 Å². The third-order valence-electron chi connectivity index (χ3n) is 3.72. The predicted molar refractivity (Wildman–Crippen MR) is 85.7 cm³/mol. The molecule has 118 valence electrons. The highest BCUT2D eigenvalue weighted by atomic mass is 16.6. The molecular formula is C17H10N2O5. The van der Waals surface area contributed by atoms with Crippen molar-refractivity contribution < 1.29 is 14.4 Å². The normalized spacial score (nSPS) is 10.5. The highest BCUT2D eigenvalue weighted by Gasteiger charge is 2.17. The summed E-state index contributed by atoms with van der Waals surface area (Å²) in [5, 5.41) is 29.7. The van der Waals surface area contributed by atoms with Crippen LogP contribution < -0.4 is 5.43 Å². The van der Waals surface area contributed by atoms with Gasteiger partial charge in [0.1, 0.15) is 23.7 Å². The Balaban J connectivity index is 2.27. The fourth-order valence-electron chi connectivity index (χ4n) is 2.46. The fourth-order valence-corrected chi connectivity index (χ4v) is 2.46. The number of nitro benzene ring substituents is 1. The van der Waals surface area contributed by atoms with Gasteiger partial charge < -0.3 is 9.52 Å². The first-order chi connectivity index (χ1) is 11.4. The van der Waals surface area contributed by atoms with Crippen molar-refractivity contribution >= 4 is 16.7 Å². The fraction of sp³-hybridized carbons (Fsp3) is 0.0588. The lowest BCUT2D eigenvalue weighted by molar-refractivity contribution is -0.385. The standard InChI is InChI=1S/C17H10N2O5/c1-9-4-12-16(6-14(9)19(22)23)24-8-13(17(12)21)10-2-3-15(20)11(5-10)7-18/h2-6,8,20H,1H3.